The van der Waals surface area contributed by atoms with Crippen LogP contribution in [0.1, 0.15) is 40.0 Å². The third-order valence-electron chi connectivity index (χ3n) is 4.12. The van der Waals surface area contributed by atoms with Crippen molar-refractivity contribution >= 4 is 11.8 Å². The SMILES string of the molecule is CCNC1C(Sc2cc(F)ccc2F)CCCC1(C)C. The van der Waals surface area contributed by atoms with Crippen molar-refractivity contribution in [3.63, 3.8) is 0 Å². The van der Waals surface area contributed by atoms with Gasteiger partial charge in [0.25, 0.3) is 0 Å². The molecule has 1 nitrogen and oxygen atoms in total. The van der Waals surface area contributed by atoms with Crippen LogP contribution in [0.2, 0.25) is 0 Å². The van der Waals surface area contributed by atoms with Crippen LogP contribution in [0.15, 0.2) is 23.1 Å². The smallest absolute Gasteiger partial charge is 0.136 e. The van der Waals surface area contributed by atoms with Gasteiger partial charge in [0.2, 0.25) is 0 Å². The van der Waals surface area contributed by atoms with Crippen molar-refractivity contribution in [3.05, 3.63) is 29.8 Å². The lowest BCUT2D eigenvalue weighted by atomic mass is 9.73. The quantitative estimate of drug-likeness (QED) is 0.871. The lowest BCUT2D eigenvalue weighted by Crippen LogP contribution is -2.51. The minimum atomic E-state index is -0.371. The molecule has 0 bridgehead atoms. The third kappa shape index (κ3) is 3.53. The minimum Gasteiger partial charge on any atom is -0.313 e. The van der Waals surface area contributed by atoms with E-state index in [1.165, 1.54) is 36.4 Å². The van der Waals surface area contributed by atoms with Crippen molar-refractivity contribution in [1.82, 2.24) is 5.32 Å². The molecule has 1 fully saturated rings. The van der Waals surface area contributed by atoms with E-state index in [-0.39, 0.29) is 22.3 Å². The Morgan fingerprint density at radius 2 is 2.10 bits per heavy atom. The standard InChI is InChI=1S/C16H23F2NS/c1-4-19-15-13(6-5-9-16(15,2)3)20-14-10-11(17)7-8-12(14)18/h7-8,10,13,15,19H,4-6,9H2,1-3H3. The van der Waals surface area contributed by atoms with Crippen LogP contribution in [0, 0.1) is 17.0 Å². The van der Waals surface area contributed by atoms with Crippen LogP contribution >= 0.6 is 11.8 Å². The Labute approximate surface area is 124 Å². The number of rotatable bonds is 4. The van der Waals surface area contributed by atoms with Crippen LogP contribution in [0.4, 0.5) is 8.78 Å². The summed E-state index contributed by atoms with van der Waals surface area (Å²) >= 11 is 1.48. The van der Waals surface area contributed by atoms with Crippen molar-refractivity contribution in [2.45, 2.75) is 56.2 Å². The summed E-state index contributed by atoms with van der Waals surface area (Å²) in [4.78, 5) is 0.426. The van der Waals surface area contributed by atoms with Gasteiger partial charge in [-0.3, -0.25) is 0 Å². The van der Waals surface area contributed by atoms with Gasteiger partial charge in [0.05, 0.1) is 0 Å². The Hall–Kier alpha value is -0.610. The molecule has 1 aliphatic rings. The summed E-state index contributed by atoms with van der Waals surface area (Å²) in [7, 11) is 0. The van der Waals surface area contributed by atoms with E-state index in [9.17, 15) is 8.78 Å². The molecule has 1 saturated carbocycles. The maximum Gasteiger partial charge on any atom is 0.136 e. The van der Waals surface area contributed by atoms with Gasteiger partial charge in [-0.25, -0.2) is 8.78 Å². The molecule has 1 aliphatic carbocycles. The van der Waals surface area contributed by atoms with Crippen LogP contribution in [0.3, 0.4) is 0 Å². The molecule has 1 aromatic carbocycles. The number of hydrogen-bond acceptors (Lipinski definition) is 2. The molecule has 0 amide bonds. The fourth-order valence-corrected chi connectivity index (χ4v) is 4.64. The predicted molar refractivity (Wildman–Crippen MR) is 81.1 cm³/mol. The molecule has 20 heavy (non-hydrogen) atoms. The molecule has 2 rings (SSSR count). The van der Waals surface area contributed by atoms with Crippen LogP contribution in [-0.4, -0.2) is 17.8 Å². The van der Waals surface area contributed by atoms with E-state index in [0.29, 0.717) is 10.9 Å². The molecule has 1 aromatic rings. The van der Waals surface area contributed by atoms with Crippen molar-refractivity contribution in [1.29, 1.82) is 0 Å². The first-order chi connectivity index (χ1) is 9.44. The maximum atomic E-state index is 13.8. The highest BCUT2D eigenvalue weighted by Gasteiger charge is 2.39. The fourth-order valence-electron chi connectivity index (χ4n) is 3.07. The van der Waals surface area contributed by atoms with E-state index in [0.717, 1.165) is 19.4 Å². The summed E-state index contributed by atoms with van der Waals surface area (Å²) < 4.78 is 27.1. The van der Waals surface area contributed by atoms with Gasteiger partial charge in [-0.1, -0.05) is 27.2 Å². The van der Waals surface area contributed by atoms with Gasteiger partial charge in [-0.2, -0.15) is 0 Å². The highest BCUT2D eigenvalue weighted by molar-refractivity contribution is 8.00. The topological polar surface area (TPSA) is 12.0 Å². The Kier molecular flexibility index (Phi) is 5.08. The summed E-state index contributed by atoms with van der Waals surface area (Å²) in [6.45, 7) is 7.51. The molecule has 0 spiro atoms. The molecule has 0 radical (unpaired) electrons. The largest absolute Gasteiger partial charge is 0.313 e. The van der Waals surface area contributed by atoms with Gasteiger partial charge in [0, 0.05) is 16.2 Å². The van der Waals surface area contributed by atoms with Gasteiger partial charge >= 0.3 is 0 Å². The van der Waals surface area contributed by atoms with E-state index >= 15 is 0 Å². The number of thioether (sulfide) groups is 1. The fraction of sp³-hybridized carbons (Fsp3) is 0.625. The molecular weight excluding hydrogens is 276 g/mol. The molecule has 112 valence electrons. The highest BCUT2D eigenvalue weighted by atomic mass is 32.2. The molecule has 4 heteroatoms. The number of benzene rings is 1. The van der Waals surface area contributed by atoms with E-state index in [1.54, 1.807) is 0 Å². The first-order valence-corrected chi connectivity index (χ1v) is 8.17. The Morgan fingerprint density at radius 1 is 1.35 bits per heavy atom. The van der Waals surface area contributed by atoms with Crippen LogP contribution in [-0.2, 0) is 0 Å². The summed E-state index contributed by atoms with van der Waals surface area (Å²) in [5.41, 5.74) is 0.190. The molecule has 0 saturated heterocycles. The van der Waals surface area contributed by atoms with Crippen molar-refractivity contribution in [3.8, 4) is 0 Å². The number of nitrogens with one attached hydrogen (secondary N) is 1. The van der Waals surface area contributed by atoms with Crippen molar-refractivity contribution in [2.75, 3.05) is 6.54 Å². The zero-order chi connectivity index (χ0) is 14.8. The number of hydrogen-bond donors (Lipinski definition) is 1. The Bertz CT molecular complexity index is 462. The second kappa shape index (κ2) is 6.44. The minimum absolute atomic E-state index is 0.190. The highest BCUT2D eigenvalue weighted by Crippen LogP contribution is 2.43. The first kappa shape index (κ1) is 15.8. The van der Waals surface area contributed by atoms with Crippen molar-refractivity contribution in [2.24, 2.45) is 5.41 Å². The monoisotopic (exact) mass is 299 g/mol. The second-order valence-corrected chi connectivity index (χ2v) is 7.43. The van der Waals surface area contributed by atoms with Crippen LogP contribution in [0.5, 0.6) is 0 Å². The average molecular weight is 299 g/mol. The van der Waals surface area contributed by atoms with Crippen LogP contribution < -0.4 is 5.32 Å². The molecule has 0 aliphatic heterocycles. The normalized spacial score (nSPS) is 25.6. The van der Waals surface area contributed by atoms with E-state index in [4.69, 9.17) is 0 Å². The molecule has 0 heterocycles. The van der Waals surface area contributed by atoms with Crippen molar-refractivity contribution < 1.29 is 8.78 Å². The van der Waals surface area contributed by atoms with Gasteiger partial charge in [0.1, 0.15) is 11.6 Å². The van der Waals surface area contributed by atoms with Gasteiger partial charge in [0.15, 0.2) is 0 Å². The maximum absolute atomic E-state index is 13.8. The lowest BCUT2D eigenvalue weighted by molar-refractivity contribution is 0.176. The van der Waals surface area contributed by atoms with E-state index in [2.05, 4.69) is 26.1 Å². The first-order valence-electron chi connectivity index (χ1n) is 7.29. The van der Waals surface area contributed by atoms with Crippen LogP contribution in [0.25, 0.3) is 0 Å². The lowest BCUT2D eigenvalue weighted by Gasteiger charge is -2.44. The van der Waals surface area contributed by atoms with E-state index in [1.807, 2.05) is 0 Å². The Morgan fingerprint density at radius 3 is 2.80 bits per heavy atom. The average Bonchev–Trinajstić information content (AvgIpc) is 2.38. The molecule has 1 N–H and O–H groups in total. The number of halogens is 2. The van der Waals surface area contributed by atoms with E-state index < -0.39 is 0 Å². The van der Waals surface area contributed by atoms with Gasteiger partial charge < -0.3 is 5.32 Å². The second-order valence-electron chi connectivity index (χ2n) is 6.15. The molecular formula is C16H23F2NS. The summed E-state index contributed by atoms with van der Waals surface area (Å²) in [6, 6.07) is 4.03. The zero-order valence-electron chi connectivity index (χ0n) is 12.4. The molecule has 2 unspecified atom stereocenters. The summed E-state index contributed by atoms with van der Waals surface area (Å²) in [5.74, 6) is -0.695. The summed E-state index contributed by atoms with van der Waals surface area (Å²) in [6.07, 6.45) is 3.36. The Balaban J connectivity index is 2.19. The van der Waals surface area contributed by atoms with Gasteiger partial charge in [-0.15, -0.1) is 11.8 Å². The summed E-state index contributed by atoms with van der Waals surface area (Å²) in [5, 5.41) is 3.83. The third-order valence-corrected chi connectivity index (χ3v) is 5.50. The predicted octanol–water partition coefficient (Wildman–Crippen LogP) is 4.61. The van der Waals surface area contributed by atoms with Gasteiger partial charge in [-0.05, 0) is 43.0 Å². The molecule has 2 atom stereocenters. The zero-order valence-corrected chi connectivity index (χ0v) is 13.2. The molecule has 0 aromatic heterocycles.